The molecule has 1 aliphatic rings. The van der Waals surface area contributed by atoms with Gasteiger partial charge in [0.05, 0.1) is 5.60 Å². The minimum Gasteiger partial charge on any atom is -0.390 e. The fourth-order valence-electron chi connectivity index (χ4n) is 2.50. The molecular formula is C16H26O3. The molecule has 1 aliphatic carbocycles. The molecule has 0 amide bonds. The second kappa shape index (κ2) is 6.99. The van der Waals surface area contributed by atoms with Gasteiger partial charge in [0, 0.05) is 12.3 Å². The van der Waals surface area contributed by atoms with Crippen LogP contribution in [0.3, 0.4) is 0 Å². The third-order valence-corrected chi connectivity index (χ3v) is 3.76. The van der Waals surface area contributed by atoms with Gasteiger partial charge in [-0.05, 0) is 52.4 Å². The van der Waals surface area contributed by atoms with Crippen LogP contribution in [-0.4, -0.2) is 22.3 Å². The third-order valence-electron chi connectivity index (χ3n) is 3.76. The summed E-state index contributed by atoms with van der Waals surface area (Å²) in [5.41, 5.74) is 0.776. The Morgan fingerprint density at radius 3 is 2.58 bits per heavy atom. The van der Waals surface area contributed by atoms with E-state index in [9.17, 15) is 14.7 Å². The number of rotatable bonds is 7. The number of aliphatic hydroxyl groups is 1. The summed E-state index contributed by atoms with van der Waals surface area (Å²) >= 11 is 0. The molecule has 0 aromatic heterocycles. The highest BCUT2D eigenvalue weighted by atomic mass is 16.3. The Hall–Kier alpha value is -0.960. The lowest BCUT2D eigenvalue weighted by Gasteiger charge is -2.21. The van der Waals surface area contributed by atoms with Crippen LogP contribution in [0, 0.1) is 5.92 Å². The highest BCUT2D eigenvalue weighted by molar-refractivity contribution is 6.37. The molecule has 0 fully saturated rings. The maximum absolute atomic E-state index is 11.8. The Bertz CT molecular complexity index is 361. The van der Waals surface area contributed by atoms with Gasteiger partial charge in [-0.2, -0.15) is 0 Å². The zero-order valence-electron chi connectivity index (χ0n) is 12.4. The first-order valence-corrected chi connectivity index (χ1v) is 7.31. The van der Waals surface area contributed by atoms with E-state index in [4.69, 9.17) is 0 Å². The molecule has 1 N–H and O–H groups in total. The van der Waals surface area contributed by atoms with Gasteiger partial charge >= 0.3 is 0 Å². The topological polar surface area (TPSA) is 54.4 Å². The summed E-state index contributed by atoms with van der Waals surface area (Å²) < 4.78 is 0. The zero-order chi connectivity index (χ0) is 14.5. The normalized spacial score (nSPS) is 20.0. The Kier molecular flexibility index (Phi) is 5.92. The first-order valence-electron chi connectivity index (χ1n) is 7.31. The molecule has 0 saturated carbocycles. The van der Waals surface area contributed by atoms with E-state index in [-0.39, 0.29) is 17.5 Å². The van der Waals surface area contributed by atoms with Crippen molar-refractivity contribution < 1.29 is 14.7 Å². The zero-order valence-corrected chi connectivity index (χ0v) is 12.4. The van der Waals surface area contributed by atoms with Crippen molar-refractivity contribution in [3.63, 3.8) is 0 Å². The monoisotopic (exact) mass is 266 g/mol. The Morgan fingerprint density at radius 2 is 2.11 bits per heavy atom. The first kappa shape index (κ1) is 16.1. The number of ketones is 2. The second-order valence-electron chi connectivity index (χ2n) is 6.14. The number of hydrogen-bond acceptors (Lipinski definition) is 3. The fraction of sp³-hybridized carbons (Fsp3) is 0.750. The van der Waals surface area contributed by atoms with Crippen molar-refractivity contribution in [1.82, 2.24) is 0 Å². The average molecular weight is 266 g/mol. The number of hydrogen-bond donors (Lipinski definition) is 1. The number of carbonyl (C=O) groups excluding carboxylic acids is 2. The van der Waals surface area contributed by atoms with E-state index in [1.165, 1.54) is 5.57 Å². The average Bonchev–Trinajstić information content (AvgIpc) is 2.36. The molecule has 3 heteroatoms. The van der Waals surface area contributed by atoms with Crippen molar-refractivity contribution in [2.45, 2.75) is 71.3 Å². The van der Waals surface area contributed by atoms with Crippen LogP contribution in [0.15, 0.2) is 11.6 Å². The summed E-state index contributed by atoms with van der Waals surface area (Å²) in [6.07, 6.45) is 7.63. The lowest BCUT2D eigenvalue weighted by molar-refractivity contribution is -0.139. The summed E-state index contributed by atoms with van der Waals surface area (Å²) in [7, 11) is 0. The van der Waals surface area contributed by atoms with Crippen LogP contribution in [0.25, 0.3) is 0 Å². The van der Waals surface area contributed by atoms with Gasteiger partial charge < -0.3 is 5.11 Å². The van der Waals surface area contributed by atoms with E-state index in [2.05, 4.69) is 6.08 Å². The van der Waals surface area contributed by atoms with Crippen LogP contribution in [0.4, 0.5) is 0 Å². The molecule has 0 aromatic carbocycles. The lowest BCUT2D eigenvalue weighted by atomic mass is 9.83. The van der Waals surface area contributed by atoms with Crippen molar-refractivity contribution in [2.24, 2.45) is 5.92 Å². The van der Waals surface area contributed by atoms with Crippen LogP contribution in [-0.2, 0) is 9.59 Å². The van der Waals surface area contributed by atoms with Crippen molar-refractivity contribution >= 4 is 11.6 Å². The molecule has 0 aromatic rings. The third kappa shape index (κ3) is 5.68. The van der Waals surface area contributed by atoms with E-state index in [1.54, 1.807) is 6.92 Å². The van der Waals surface area contributed by atoms with Crippen molar-refractivity contribution in [3.8, 4) is 0 Å². The van der Waals surface area contributed by atoms with Crippen LogP contribution < -0.4 is 0 Å². The number of Topliss-reactive ketones (excluding diaryl/α,β-unsaturated/α-hetero) is 2. The van der Waals surface area contributed by atoms with Crippen molar-refractivity contribution in [2.75, 3.05) is 0 Å². The second-order valence-corrected chi connectivity index (χ2v) is 6.14. The van der Waals surface area contributed by atoms with Gasteiger partial charge in [-0.3, -0.25) is 9.59 Å². The molecule has 0 heterocycles. The standard InChI is InChI=1S/C16H26O3/c1-4-14(17)15(18)13-9-7-12(8-10-13)6-5-11-16(2,3)19/h7,13,19H,4-6,8-11H2,1-3H3. The molecule has 1 atom stereocenters. The summed E-state index contributed by atoms with van der Waals surface area (Å²) in [6, 6.07) is 0. The predicted octanol–water partition coefficient (Wildman–Crippen LogP) is 3.20. The van der Waals surface area contributed by atoms with Gasteiger partial charge in [-0.25, -0.2) is 0 Å². The van der Waals surface area contributed by atoms with Gasteiger partial charge in [0.2, 0.25) is 5.78 Å². The van der Waals surface area contributed by atoms with Crippen LogP contribution in [0.1, 0.15) is 65.7 Å². The highest BCUT2D eigenvalue weighted by Gasteiger charge is 2.25. The minimum absolute atomic E-state index is 0.0921. The van der Waals surface area contributed by atoms with Crippen LogP contribution >= 0.6 is 0 Å². The SMILES string of the molecule is CCC(=O)C(=O)C1CC=C(CCCC(C)(C)O)CC1. The summed E-state index contributed by atoms with van der Waals surface area (Å²) in [5.74, 6) is -0.511. The summed E-state index contributed by atoms with van der Waals surface area (Å²) in [4.78, 5) is 23.1. The van der Waals surface area contributed by atoms with Gasteiger partial charge in [-0.15, -0.1) is 0 Å². The smallest absolute Gasteiger partial charge is 0.201 e. The first-order chi connectivity index (χ1) is 8.83. The van der Waals surface area contributed by atoms with Crippen LogP contribution in [0.5, 0.6) is 0 Å². The molecule has 0 spiro atoms. The lowest BCUT2D eigenvalue weighted by Crippen LogP contribution is -2.24. The maximum Gasteiger partial charge on any atom is 0.201 e. The molecule has 3 nitrogen and oxygen atoms in total. The van der Waals surface area contributed by atoms with E-state index < -0.39 is 5.60 Å². The Labute approximate surface area is 116 Å². The molecule has 0 aliphatic heterocycles. The van der Waals surface area contributed by atoms with E-state index in [0.717, 1.165) is 32.1 Å². The predicted molar refractivity (Wildman–Crippen MR) is 75.9 cm³/mol. The van der Waals surface area contributed by atoms with Gasteiger partial charge in [0.25, 0.3) is 0 Å². The van der Waals surface area contributed by atoms with Crippen LogP contribution in [0.2, 0.25) is 0 Å². The largest absolute Gasteiger partial charge is 0.390 e. The molecular weight excluding hydrogens is 240 g/mol. The fourth-order valence-corrected chi connectivity index (χ4v) is 2.50. The van der Waals surface area contributed by atoms with Crippen molar-refractivity contribution in [3.05, 3.63) is 11.6 Å². The van der Waals surface area contributed by atoms with Gasteiger partial charge in [0.15, 0.2) is 5.78 Å². The van der Waals surface area contributed by atoms with E-state index in [1.807, 2.05) is 13.8 Å². The molecule has 1 rings (SSSR count). The minimum atomic E-state index is -0.596. The van der Waals surface area contributed by atoms with E-state index in [0.29, 0.717) is 12.8 Å². The van der Waals surface area contributed by atoms with Gasteiger partial charge in [-0.1, -0.05) is 18.6 Å². The molecule has 0 radical (unpaired) electrons. The maximum atomic E-state index is 11.8. The van der Waals surface area contributed by atoms with Gasteiger partial charge in [0.1, 0.15) is 0 Å². The molecule has 0 saturated heterocycles. The van der Waals surface area contributed by atoms with Crippen molar-refractivity contribution in [1.29, 1.82) is 0 Å². The molecule has 0 bridgehead atoms. The molecule has 19 heavy (non-hydrogen) atoms. The summed E-state index contributed by atoms with van der Waals surface area (Å²) in [6.45, 7) is 5.39. The van der Waals surface area contributed by atoms with E-state index >= 15 is 0 Å². The quantitative estimate of drug-likeness (QED) is 0.568. The molecule has 108 valence electrons. The Morgan fingerprint density at radius 1 is 1.42 bits per heavy atom. The summed E-state index contributed by atoms with van der Waals surface area (Å²) in [5, 5.41) is 9.65. The Balaban J connectivity index is 2.37. The highest BCUT2D eigenvalue weighted by Crippen LogP contribution is 2.28. The molecule has 1 unspecified atom stereocenters. The number of carbonyl (C=O) groups is 2. The number of allylic oxidation sites excluding steroid dienone is 2.